The summed E-state index contributed by atoms with van der Waals surface area (Å²) >= 11 is 0. The summed E-state index contributed by atoms with van der Waals surface area (Å²) in [4.78, 5) is 15.3. The number of hydrogen-bond donors (Lipinski definition) is 2. The Balaban J connectivity index is 2.40. The third-order valence-electron chi connectivity index (χ3n) is 2.97. The van der Waals surface area contributed by atoms with Gasteiger partial charge in [0, 0.05) is 23.5 Å². The van der Waals surface area contributed by atoms with Crippen molar-refractivity contribution in [3.63, 3.8) is 0 Å². The molecule has 0 spiro atoms. The zero-order valence-corrected chi connectivity index (χ0v) is 13.9. The molecule has 6 nitrogen and oxygen atoms in total. The van der Waals surface area contributed by atoms with Gasteiger partial charge in [0.2, 0.25) is 10.0 Å². The maximum Gasteiger partial charge on any atom is 0.336 e. The fourth-order valence-electron chi connectivity index (χ4n) is 2.09. The Hall–Kier alpha value is -2.25. The Kier molecular flexibility index (Phi) is 4.53. The molecule has 2 aromatic rings. The van der Waals surface area contributed by atoms with E-state index < -0.39 is 21.5 Å². The second-order valence-electron chi connectivity index (χ2n) is 6.11. The van der Waals surface area contributed by atoms with Crippen LogP contribution in [0.5, 0.6) is 0 Å². The van der Waals surface area contributed by atoms with Gasteiger partial charge in [-0.25, -0.2) is 17.9 Å². The molecule has 0 saturated heterocycles. The fraction of sp³-hybridized carbons (Fsp3) is 0.250. The summed E-state index contributed by atoms with van der Waals surface area (Å²) in [5.74, 6) is -1.06. The van der Waals surface area contributed by atoms with Gasteiger partial charge < -0.3 is 5.11 Å². The van der Waals surface area contributed by atoms with Crippen LogP contribution in [0.25, 0.3) is 11.1 Å². The van der Waals surface area contributed by atoms with Crippen molar-refractivity contribution < 1.29 is 18.3 Å². The number of hydrogen-bond acceptors (Lipinski definition) is 4. The lowest BCUT2D eigenvalue weighted by molar-refractivity contribution is 0.0697. The van der Waals surface area contributed by atoms with E-state index >= 15 is 0 Å². The van der Waals surface area contributed by atoms with Gasteiger partial charge in [-0.05, 0) is 44.5 Å². The molecule has 122 valence electrons. The summed E-state index contributed by atoms with van der Waals surface area (Å²) in [6.45, 7) is 5.27. The third kappa shape index (κ3) is 4.14. The number of carboxylic acids is 1. The van der Waals surface area contributed by atoms with E-state index in [1.54, 1.807) is 32.9 Å². The first-order valence-electron chi connectivity index (χ1n) is 6.92. The van der Waals surface area contributed by atoms with E-state index in [2.05, 4.69) is 9.71 Å². The van der Waals surface area contributed by atoms with Crippen molar-refractivity contribution >= 4 is 16.0 Å². The molecule has 0 aliphatic heterocycles. The van der Waals surface area contributed by atoms with Gasteiger partial charge in [0.15, 0.2) is 0 Å². The summed E-state index contributed by atoms with van der Waals surface area (Å²) in [6, 6.07) is 7.44. The second kappa shape index (κ2) is 6.10. The largest absolute Gasteiger partial charge is 0.478 e. The van der Waals surface area contributed by atoms with Crippen LogP contribution >= 0.6 is 0 Å². The first-order chi connectivity index (χ1) is 10.6. The van der Waals surface area contributed by atoms with Crippen molar-refractivity contribution in [3.8, 4) is 11.1 Å². The molecule has 0 bridgehead atoms. The molecule has 1 aromatic heterocycles. The van der Waals surface area contributed by atoms with Crippen molar-refractivity contribution in [2.45, 2.75) is 31.2 Å². The highest BCUT2D eigenvalue weighted by Crippen LogP contribution is 2.24. The molecule has 7 heteroatoms. The maximum absolute atomic E-state index is 12.3. The van der Waals surface area contributed by atoms with Crippen molar-refractivity contribution in [1.82, 2.24) is 9.71 Å². The van der Waals surface area contributed by atoms with Crippen molar-refractivity contribution in [3.05, 3.63) is 48.3 Å². The van der Waals surface area contributed by atoms with Gasteiger partial charge >= 0.3 is 5.97 Å². The van der Waals surface area contributed by atoms with Crippen LogP contribution < -0.4 is 4.72 Å². The number of sulfonamides is 1. The van der Waals surface area contributed by atoms with E-state index in [1.165, 1.54) is 30.6 Å². The monoisotopic (exact) mass is 334 g/mol. The average Bonchev–Trinajstić information content (AvgIpc) is 2.45. The highest BCUT2D eigenvalue weighted by Gasteiger charge is 2.22. The molecule has 0 amide bonds. The van der Waals surface area contributed by atoms with E-state index in [-0.39, 0.29) is 10.5 Å². The molecule has 1 aromatic carbocycles. The quantitative estimate of drug-likeness (QED) is 0.895. The molecular formula is C16H18N2O4S. The van der Waals surface area contributed by atoms with Crippen LogP contribution in [0.15, 0.2) is 47.6 Å². The summed E-state index contributed by atoms with van der Waals surface area (Å²) < 4.78 is 27.1. The summed E-state index contributed by atoms with van der Waals surface area (Å²) in [5, 5.41) is 9.20. The van der Waals surface area contributed by atoms with E-state index in [4.69, 9.17) is 0 Å². The van der Waals surface area contributed by atoms with E-state index in [1.807, 2.05) is 0 Å². The van der Waals surface area contributed by atoms with Gasteiger partial charge in [-0.3, -0.25) is 4.98 Å². The van der Waals surface area contributed by atoms with E-state index in [0.29, 0.717) is 11.1 Å². The SMILES string of the molecule is CC(C)(C)NS(=O)(=O)c1ccc(-c2cnccc2C(=O)O)cc1. The number of aromatic nitrogens is 1. The minimum atomic E-state index is -3.63. The number of pyridine rings is 1. The molecule has 0 fully saturated rings. The second-order valence-corrected chi connectivity index (χ2v) is 7.79. The first-order valence-corrected chi connectivity index (χ1v) is 8.40. The number of carbonyl (C=O) groups is 1. The number of carboxylic acid groups (broad SMARTS) is 1. The predicted molar refractivity (Wildman–Crippen MR) is 86.7 cm³/mol. The van der Waals surface area contributed by atoms with Crippen LogP contribution in [-0.2, 0) is 10.0 Å². The predicted octanol–water partition coefficient (Wildman–Crippen LogP) is 2.52. The lowest BCUT2D eigenvalue weighted by atomic mass is 10.0. The lowest BCUT2D eigenvalue weighted by Crippen LogP contribution is -2.40. The third-order valence-corrected chi connectivity index (χ3v) is 4.74. The van der Waals surface area contributed by atoms with Crippen LogP contribution in [0.2, 0.25) is 0 Å². The molecule has 23 heavy (non-hydrogen) atoms. The topological polar surface area (TPSA) is 96.4 Å². The molecule has 2 N–H and O–H groups in total. The number of nitrogens with one attached hydrogen (secondary N) is 1. The van der Waals surface area contributed by atoms with Gasteiger partial charge in [0.05, 0.1) is 10.5 Å². The van der Waals surface area contributed by atoms with Crippen molar-refractivity contribution in [1.29, 1.82) is 0 Å². The average molecular weight is 334 g/mol. The van der Waals surface area contributed by atoms with Gasteiger partial charge in [0.25, 0.3) is 0 Å². The zero-order chi connectivity index (χ0) is 17.3. The van der Waals surface area contributed by atoms with Gasteiger partial charge in [-0.15, -0.1) is 0 Å². The molecule has 0 atom stereocenters. The number of rotatable bonds is 4. The smallest absolute Gasteiger partial charge is 0.336 e. The Morgan fingerprint density at radius 1 is 1.13 bits per heavy atom. The molecule has 0 radical (unpaired) electrons. The summed E-state index contributed by atoms with van der Waals surface area (Å²) in [5.41, 5.74) is 0.554. The molecule has 2 rings (SSSR count). The van der Waals surface area contributed by atoms with Gasteiger partial charge in [-0.2, -0.15) is 0 Å². The van der Waals surface area contributed by atoms with Gasteiger partial charge in [0.1, 0.15) is 0 Å². The normalized spacial score (nSPS) is 12.1. The van der Waals surface area contributed by atoms with Crippen LogP contribution in [-0.4, -0.2) is 30.0 Å². The van der Waals surface area contributed by atoms with E-state index in [9.17, 15) is 18.3 Å². The van der Waals surface area contributed by atoms with E-state index in [0.717, 1.165) is 0 Å². The summed E-state index contributed by atoms with van der Waals surface area (Å²) in [6.07, 6.45) is 2.85. The van der Waals surface area contributed by atoms with Crippen LogP contribution in [0.4, 0.5) is 0 Å². The highest BCUT2D eigenvalue weighted by atomic mass is 32.2. The minimum absolute atomic E-state index is 0.114. The van der Waals surface area contributed by atoms with Crippen molar-refractivity contribution in [2.75, 3.05) is 0 Å². The Morgan fingerprint density at radius 3 is 2.26 bits per heavy atom. The Labute approximate surface area is 135 Å². The minimum Gasteiger partial charge on any atom is -0.478 e. The van der Waals surface area contributed by atoms with Crippen molar-refractivity contribution in [2.24, 2.45) is 0 Å². The van der Waals surface area contributed by atoms with Crippen LogP contribution in [0.3, 0.4) is 0 Å². The maximum atomic E-state index is 12.3. The molecule has 0 aliphatic carbocycles. The number of aromatic carboxylic acids is 1. The molecule has 0 saturated carbocycles. The van der Waals surface area contributed by atoms with Gasteiger partial charge in [-0.1, -0.05) is 12.1 Å². The highest BCUT2D eigenvalue weighted by molar-refractivity contribution is 7.89. The lowest BCUT2D eigenvalue weighted by Gasteiger charge is -2.20. The molecule has 0 unspecified atom stereocenters. The first kappa shape index (κ1) is 17.1. The fourth-order valence-corrected chi connectivity index (χ4v) is 3.51. The van der Waals surface area contributed by atoms with Crippen LogP contribution in [0, 0.1) is 0 Å². The zero-order valence-electron chi connectivity index (χ0n) is 13.1. The standard InChI is InChI=1S/C16H18N2O4S/c1-16(2,3)18-23(21,22)12-6-4-11(5-7-12)14-10-17-9-8-13(14)15(19)20/h4-10,18H,1-3H3,(H,19,20). The number of benzene rings is 1. The molecular weight excluding hydrogens is 316 g/mol. The van der Waals surface area contributed by atoms with Crippen LogP contribution in [0.1, 0.15) is 31.1 Å². The molecule has 0 aliphatic rings. The molecule has 1 heterocycles. The summed E-state index contributed by atoms with van der Waals surface area (Å²) in [7, 11) is -3.63. The Bertz CT molecular complexity index is 822. The number of nitrogens with zero attached hydrogens (tertiary/aromatic N) is 1. The Morgan fingerprint density at radius 2 is 1.74 bits per heavy atom.